The van der Waals surface area contributed by atoms with Crippen LogP contribution in [0.5, 0.6) is 5.75 Å². The summed E-state index contributed by atoms with van der Waals surface area (Å²) in [5.41, 5.74) is 1.12. The first-order valence-corrected chi connectivity index (χ1v) is 6.99. The molecule has 2 aromatic carbocycles. The maximum absolute atomic E-state index is 13.3. The zero-order valence-electron chi connectivity index (χ0n) is 10.6. The van der Waals surface area contributed by atoms with Crippen LogP contribution in [0.15, 0.2) is 40.9 Å². The first kappa shape index (κ1) is 15.0. The van der Waals surface area contributed by atoms with Gasteiger partial charge in [-0.15, -0.1) is 0 Å². The molecule has 0 spiro atoms. The third-order valence-electron chi connectivity index (χ3n) is 2.82. The minimum absolute atomic E-state index is 0.0494. The summed E-state index contributed by atoms with van der Waals surface area (Å²) < 4.78 is 19.1. The monoisotopic (exact) mass is 356 g/mol. The van der Waals surface area contributed by atoms with Crippen molar-refractivity contribution in [2.45, 2.75) is 6.42 Å². The van der Waals surface area contributed by atoms with Crippen molar-refractivity contribution in [2.75, 3.05) is 7.11 Å². The van der Waals surface area contributed by atoms with E-state index in [1.165, 1.54) is 12.1 Å². The maximum atomic E-state index is 13.3. The van der Waals surface area contributed by atoms with Crippen LogP contribution in [0.1, 0.15) is 15.9 Å². The lowest BCUT2D eigenvalue weighted by Gasteiger charge is -2.06. The minimum atomic E-state index is -0.520. The Bertz CT molecular complexity index is 658. The van der Waals surface area contributed by atoms with Crippen molar-refractivity contribution in [3.8, 4) is 5.75 Å². The Kier molecular flexibility index (Phi) is 4.78. The molecule has 2 nitrogen and oxygen atoms in total. The maximum Gasteiger partial charge on any atom is 0.167 e. The number of carbonyl (C=O) groups is 1. The van der Waals surface area contributed by atoms with Crippen molar-refractivity contribution in [1.82, 2.24) is 0 Å². The van der Waals surface area contributed by atoms with E-state index >= 15 is 0 Å². The molecule has 20 heavy (non-hydrogen) atoms. The topological polar surface area (TPSA) is 26.3 Å². The van der Waals surface area contributed by atoms with Crippen LogP contribution in [-0.4, -0.2) is 12.9 Å². The summed E-state index contributed by atoms with van der Waals surface area (Å²) in [5, 5.41) is 0.0494. The fourth-order valence-corrected chi connectivity index (χ4v) is 2.44. The summed E-state index contributed by atoms with van der Waals surface area (Å²) in [7, 11) is 1.55. The van der Waals surface area contributed by atoms with E-state index in [9.17, 15) is 9.18 Å². The van der Waals surface area contributed by atoms with Gasteiger partial charge in [0.2, 0.25) is 0 Å². The smallest absolute Gasteiger partial charge is 0.167 e. The van der Waals surface area contributed by atoms with E-state index < -0.39 is 5.82 Å². The first-order valence-electron chi connectivity index (χ1n) is 5.82. The zero-order valence-corrected chi connectivity index (χ0v) is 13.0. The normalized spacial score (nSPS) is 10.4. The predicted octanol–water partition coefficient (Wildman–Crippen LogP) is 4.68. The van der Waals surface area contributed by atoms with Gasteiger partial charge >= 0.3 is 0 Å². The molecule has 0 bridgehead atoms. The highest BCUT2D eigenvalue weighted by molar-refractivity contribution is 9.10. The lowest BCUT2D eigenvalue weighted by atomic mass is 10.0. The van der Waals surface area contributed by atoms with Crippen molar-refractivity contribution >= 4 is 33.3 Å². The van der Waals surface area contributed by atoms with Crippen molar-refractivity contribution in [3.63, 3.8) is 0 Å². The Morgan fingerprint density at radius 2 is 2.05 bits per heavy atom. The average Bonchev–Trinajstić information content (AvgIpc) is 2.42. The van der Waals surface area contributed by atoms with Crippen molar-refractivity contribution in [3.05, 3.63) is 62.8 Å². The summed E-state index contributed by atoms with van der Waals surface area (Å²) >= 11 is 8.94. The second-order valence-corrected chi connectivity index (χ2v) is 5.46. The van der Waals surface area contributed by atoms with Crippen LogP contribution in [0, 0.1) is 5.82 Å². The molecule has 0 fully saturated rings. The molecule has 104 valence electrons. The molecular weight excluding hydrogens is 347 g/mol. The van der Waals surface area contributed by atoms with Crippen LogP contribution < -0.4 is 4.74 Å². The minimum Gasteiger partial charge on any atom is -0.496 e. The number of hydrogen-bond donors (Lipinski definition) is 0. The first-order chi connectivity index (χ1) is 9.51. The number of methoxy groups -OCH3 is 1. The van der Waals surface area contributed by atoms with Crippen molar-refractivity contribution in [2.24, 2.45) is 0 Å². The van der Waals surface area contributed by atoms with E-state index in [1.54, 1.807) is 31.4 Å². The number of halogens is 3. The quantitative estimate of drug-likeness (QED) is 0.743. The second-order valence-electron chi connectivity index (χ2n) is 4.20. The lowest BCUT2D eigenvalue weighted by Crippen LogP contribution is -2.04. The van der Waals surface area contributed by atoms with E-state index in [2.05, 4.69) is 15.9 Å². The highest BCUT2D eigenvalue weighted by Gasteiger charge is 2.11. The molecule has 0 amide bonds. The molecule has 0 aliphatic carbocycles. The van der Waals surface area contributed by atoms with Gasteiger partial charge in [-0.25, -0.2) is 4.39 Å². The number of Topliss-reactive ketones (excluding diaryl/α,β-unsaturated/α-hetero) is 1. The Morgan fingerprint density at radius 3 is 2.65 bits per heavy atom. The molecule has 0 saturated heterocycles. The van der Waals surface area contributed by atoms with Crippen LogP contribution in [0.4, 0.5) is 4.39 Å². The molecule has 2 aromatic rings. The predicted molar refractivity (Wildman–Crippen MR) is 80.1 cm³/mol. The SMILES string of the molecule is COc1ccc(C(=O)Cc2ccc(Cl)c(F)c2)cc1Br. The van der Waals surface area contributed by atoms with Gasteiger partial charge in [0.1, 0.15) is 11.6 Å². The largest absolute Gasteiger partial charge is 0.496 e. The molecule has 0 aromatic heterocycles. The molecule has 0 radical (unpaired) electrons. The van der Waals surface area contributed by atoms with Crippen molar-refractivity contribution in [1.29, 1.82) is 0 Å². The van der Waals surface area contributed by atoms with Gasteiger partial charge in [-0.3, -0.25) is 4.79 Å². The van der Waals surface area contributed by atoms with Crippen LogP contribution in [0.2, 0.25) is 5.02 Å². The number of rotatable bonds is 4. The molecule has 0 unspecified atom stereocenters. The Labute approximate surface area is 129 Å². The Morgan fingerprint density at radius 1 is 1.30 bits per heavy atom. The standard InChI is InChI=1S/C15H11BrClFO2/c1-20-15-5-3-10(8-11(15)16)14(19)7-9-2-4-12(17)13(18)6-9/h2-6,8H,7H2,1H3. The number of benzene rings is 2. The molecule has 0 aliphatic heterocycles. The summed E-state index contributed by atoms with van der Waals surface area (Å²) in [5.74, 6) is 0.0297. The molecular formula is C15H11BrClFO2. The number of hydrogen-bond acceptors (Lipinski definition) is 2. The second kappa shape index (κ2) is 6.37. The molecule has 5 heteroatoms. The Hall–Kier alpha value is -1.39. The van der Waals surface area contributed by atoms with Gasteiger partial charge in [0, 0.05) is 12.0 Å². The van der Waals surface area contributed by atoms with E-state index in [4.69, 9.17) is 16.3 Å². The van der Waals surface area contributed by atoms with Gasteiger partial charge in [-0.2, -0.15) is 0 Å². The third kappa shape index (κ3) is 3.38. The molecule has 0 N–H and O–H groups in total. The van der Waals surface area contributed by atoms with E-state index in [1.807, 2.05) is 0 Å². The average molecular weight is 358 g/mol. The summed E-state index contributed by atoms with van der Waals surface area (Å²) in [6.45, 7) is 0. The molecule has 2 rings (SSSR count). The highest BCUT2D eigenvalue weighted by atomic mass is 79.9. The van der Waals surface area contributed by atoms with Gasteiger partial charge in [-0.05, 0) is 51.8 Å². The Balaban J connectivity index is 2.19. The highest BCUT2D eigenvalue weighted by Crippen LogP contribution is 2.26. The summed E-state index contributed by atoms with van der Waals surface area (Å²) in [6.07, 6.45) is 0.118. The molecule has 0 atom stereocenters. The fourth-order valence-electron chi connectivity index (χ4n) is 1.78. The van der Waals surface area contributed by atoms with Gasteiger partial charge < -0.3 is 4.74 Å². The van der Waals surface area contributed by atoms with Gasteiger partial charge in [-0.1, -0.05) is 17.7 Å². The number of carbonyl (C=O) groups excluding carboxylic acids is 1. The molecule has 0 saturated carbocycles. The van der Waals surface area contributed by atoms with Crippen LogP contribution in [0.25, 0.3) is 0 Å². The van der Waals surface area contributed by atoms with E-state index in [0.29, 0.717) is 21.3 Å². The van der Waals surface area contributed by atoms with Gasteiger partial charge in [0.25, 0.3) is 0 Å². The van der Waals surface area contributed by atoms with Crippen LogP contribution in [-0.2, 0) is 6.42 Å². The molecule has 0 heterocycles. The number of ketones is 1. The summed E-state index contributed by atoms with van der Waals surface area (Å²) in [6, 6.07) is 9.44. The molecule has 0 aliphatic rings. The lowest BCUT2D eigenvalue weighted by molar-refractivity contribution is 0.0993. The number of ether oxygens (including phenoxy) is 1. The summed E-state index contributed by atoms with van der Waals surface area (Å²) in [4.78, 5) is 12.1. The third-order valence-corrected chi connectivity index (χ3v) is 3.75. The van der Waals surface area contributed by atoms with Crippen LogP contribution in [0.3, 0.4) is 0 Å². The fraction of sp³-hybridized carbons (Fsp3) is 0.133. The zero-order chi connectivity index (χ0) is 14.7. The van der Waals surface area contributed by atoms with Gasteiger partial charge in [0.15, 0.2) is 5.78 Å². The van der Waals surface area contributed by atoms with E-state index in [0.717, 1.165) is 0 Å². The van der Waals surface area contributed by atoms with Crippen LogP contribution >= 0.6 is 27.5 Å². The van der Waals surface area contributed by atoms with Gasteiger partial charge in [0.05, 0.1) is 16.6 Å². The van der Waals surface area contributed by atoms with E-state index in [-0.39, 0.29) is 17.2 Å². The van der Waals surface area contributed by atoms with Crippen molar-refractivity contribution < 1.29 is 13.9 Å².